The molecule has 0 spiro atoms. The van der Waals surface area contributed by atoms with Crippen molar-refractivity contribution in [3.63, 3.8) is 0 Å². The molecule has 2 N–H and O–H groups in total. The molecule has 0 fully saturated rings. The Morgan fingerprint density at radius 2 is 1.90 bits per heavy atom. The Morgan fingerprint density at radius 1 is 1.10 bits per heavy atom. The number of aromatic carboxylic acids is 1. The van der Waals surface area contributed by atoms with Crippen LogP contribution in [0.3, 0.4) is 0 Å². The van der Waals surface area contributed by atoms with E-state index >= 15 is 0 Å². The first-order valence-corrected chi connectivity index (χ1v) is 13.2. The monoisotopic (exact) mass is 542 g/mol. The predicted molar refractivity (Wildman–Crippen MR) is 151 cm³/mol. The number of ether oxygens (including phenoxy) is 2. The number of carboxylic acid groups (broad SMARTS) is 1. The number of pyridine rings is 1. The lowest BCUT2D eigenvalue weighted by atomic mass is 9.96. The minimum Gasteiger partial charge on any atom is -0.488 e. The summed E-state index contributed by atoms with van der Waals surface area (Å²) < 4.78 is 13.1. The second-order valence-electron chi connectivity index (χ2n) is 10.8. The van der Waals surface area contributed by atoms with Gasteiger partial charge in [-0.05, 0) is 67.6 Å². The minimum atomic E-state index is -1.12. The van der Waals surface area contributed by atoms with Gasteiger partial charge in [0, 0.05) is 25.2 Å². The fourth-order valence-corrected chi connectivity index (χ4v) is 5.17. The van der Waals surface area contributed by atoms with Gasteiger partial charge in [0.15, 0.2) is 5.82 Å². The summed E-state index contributed by atoms with van der Waals surface area (Å²) in [6.45, 7) is 8.50. The molecule has 0 atom stereocenters. The van der Waals surface area contributed by atoms with E-state index in [1.807, 2.05) is 51.1 Å². The molecule has 40 heavy (non-hydrogen) atoms. The first-order chi connectivity index (χ1) is 19.1. The molecule has 2 aromatic heterocycles. The van der Waals surface area contributed by atoms with Crippen LogP contribution in [0.4, 0.5) is 0 Å². The molecule has 208 valence electrons. The molecule has 3 heterocycles. The molecule has 0 unspecified atom stereocenters. The Kier molecular flexibility index (Phi) is 7.60. The van der Waals surface area contributed by atoms with Crippen molar-refractivity contribution in [3.8, 4) is 28.7 Å². The highest BCUT2D eigenvalue weighted by molar-refractivity contribution is 5.90. The van der Waals surface area contributed by atoms with Crippen LogP contribution >= 0.6 is 0 Å². The summed E-state index contributed by atoms with van der Waals surface area (Å²) in [5.41, 5.74) is 5.43. The summed E-state index contributed by atoms with van der Waals surface area (Å²) in [6.07, 6.45) is 2.19. The Balaban J connectivity index is 1.37. The largest absolute Gasteiger partial charge is 0.488 e. The average molecular weight is 543 g/mol. The second-order valence-corrected chi connectivity index (χ2v) is 10.8. The molecule has 1 aliphatic heterocycles. The van der Waals surface area contributed by atoms with Gasteiger partial charge in [0.25, 0.3) is 0 Å². The van der Waals surface area contributed by atoms with Crippen LogP contribution in [0.1, 0.15) is 46.5 Å². The van der Waals surface area contributed by atoms with E-state index in [2.05, 4.69) is 28.2 Å². The third-order valence-electron chi connectivity index (χ3n) is 6.94. The van der Waals surface area contributed by atoms with Gasteiger partial charge in [-0.1, -0.05) is 36.4 Å². The molecular weight excluding hydrogens is 508 g/mol. The SMILES string of the molecule is COc1c(C(=O)O)cnn1-c1cccc(-c2cccc(C)c2OCc2ccc3c(c2)CCN(CC(C)(C)O)C3)n1. The van der Waals surface area contributed by atoms with E-state index in [1.165, 1.54) is 29.1 Å². The van der Waals surface area contributed by atoms with Crippen molar-refractivity contribution in [3.05, 3.63) is 88.6 Å². The number of aliphatic hydroxyl groups is 1. The highest BCUT2D eigenvalue weighted by Crippen LogP contribution is 2.34. The molecular formula is C31H34N4O5. The van der Waals surface area contributed by atoms with Crippen LogP contribution in [0.5, 0.6) is 11.6 Å². The number of carboxylic acids is 1. The zero-order valence-electron chi connectivity index (χ0n) is 23.2. The van der Waals surface area contributed by atoms with Crippen molar-refractivity contribution >= 4 is 5.97 Å². The molecule has 9 heteroatoms. The number of fused-ring (bicyclic) bond motifs is 1. The van der Waals surface area contributed by atoms with E-state index in [1.54, 1.807) is 6.07 Å². The Bertz CT molecular complexity index is 1540. The Morgan fingerprint density at radius 3 is 2.65 bits per heavy atom. The molecule has 4 aromatic rings. The first-order valence-electron chi connectivity index (χ1n) is 13.2. The fraction of sp³-hybridized carbons (Fsp3) is 0.323. The summed E-state index contributed by atoms with van der Waals surface area (Å²) >= 11 is 0. The number of rotatable bonds is 9. The molecule has 1 aliphatic rings. The normalized spacial score (nSPS) is 13.6. The van der Waals surface area contributed by atoms with Gasteiger partial charge in [0.1, 0.15) is 17.9 Å². The molecule has 0 saturated carbocycles. The smallest absolute Gasteiger partial charge is 0.342 e. The summed E-state index contributed by atoms with van der Waals surface area (Å²) in [5, 5.41) is 23.8. The van der Waals surface area contributed by atoms with Crippen LogP contribution in [-0.2, 0) is 19.6 Å². The van der Waals surface area contributed by atoms with E-state index in [4.69, 9.17) is 14.5 Å². The number of methoxy groups -OCH3 is 1. The van der Waals surface area contributed by atoms with Gasteiger partial charge >= 0.3 is 5.97 Å². The maximum atomic E-state index is 11.5. The number of hydrogen-bond donors (Lipinski definition) is 2. The van der Waals surface area contributed by atoms with Gasteiger partial charge in [-0.25, -0.2) is 9.78 Å². The van der Waals surface area contributed by atoms with E-state index in [9.17, 15) is 15.0 Å². The molecule has 5 rings (SSSR count). The number of benzene rings is 2. The summed E-state index contributed by atoms with van der Waals surface area (Å²) in [6, 6.07) is 17.9. The van der Waals surface area contributed by atoms with Crippen molar-refractivity contribution in [2.75, 3.05) is 20.2 Å². The number of carbonyl (C=O) groups is 1. The van der Waals surface area contributed by atoms with Gasteiger partial charge < -0.3 is 19.7 Å². The molecule has 0 saturated heterocycles. The maximum absolute atomic E-state index is 11.5. The lowest BCUT2D eigenvalue weighted by Crippen LogP contribution is -2.41. The average Bonchev–Trinajstić information content (AvgIpc) is 3.36. The molecule has 0 bridgehead atoms. The second kappa shape index (κ2) is 11.1. The van der Waals surface area contributed by atoms with Crippen molar-refractivity contribution in [2.45, 2.75) is 45.9 Å². The Labute approximate surface area is 233 Å². The first kappa shape index (κ1) is 27.4. The van der Waals surface area contributed by atoms with Gasteiger partial charge in [0.2, 0.25) is 5.88 Å². The van der Waals surface area contributed by atoms with Crippen LogP contribution in [0.2, 0.25) is 0 Å². The zero-order chi connectivity index (χ0) is 28.4. The number of nitrogens with zero attached hydrogens (tertiary/aromatic N) is 4. The van der Waals surface area contributed by atoms with Gasteiger partial charge in [-0.3, -0.25) is 4.90 Å². The molecule has 2 aromatic carbocycles. The predicted octanol–water partition coefficient (Wildman–Crippen LogP) is 4.66. The van der Waals surface area contributed by atoms with Crippen LogP contribution in [0.25, 0.3) is 17.1 Å². The summed E-state index contributed by atoms with van der Waals surface area (Å²) in [7, 11) is 1.41. The van der Waals surface area contributed by atoms with Crippen LogP contribution in [-0.4, -0.2) is 61.6 Å². The van der Waals surface area contributed by atoms with E-state index in [0.717, 1.165) is 42.0 Å². The van der Waals surface area contributed by atoms with Gasteiger partial charge in [0.05, 0.1) is 24.6 Å². The van der Waals surface area contributed by atoms with Crippen LogP contribution in [0, 0.1) is 6.92 Å². The third-order valence-corrected chi connectivity index (χ3v) is 6.94. The molecule has 0 amide bonds. The molecule has 0 aliphatic carbocycles. The van der Waals surface area contributed by atoms with Crippen LogP contribution < -0.4 is 9.47 Å². The van der Waals surface area contributed by atoms with Crippen LogP contribution in [0.15, 0.2) is 60.8 Å². The summed E-state index contributed by atoms with van der Waals surface area (Å²) in [4.78, 5) is 18.6. The lowest BCUT2D eigenvalue weighted by Gasteiger charge is -2.33. The van der Waals surface area contributed by atoms with Crippen molar-refractivity contribution in [1.82, 2.24) is 19.7 Å². The minimum absolute atomic E-state index is 0.0377. The number of hydrogen-bond acceptors (Lipinski definition) is 7. The number of aromatic nitrogens is 3. The molecule has 9 nitrogen and oxygen atoms in total. The van der Waals surface area contributed by atoms with E-state index in [-0.39, 0.29) is 11.4 Å². The van der Waals surface area contributed by atoms with E-state index in [0.29, 0.717) is 24.7 Å². The van der Waals surface area contributed by atoms with Crippen molar-refractivity contribution < 1.29 is 24.5 Å². The Hall–Kier alpha value is -4.21. The van der Waals surface area contributed by atoms with Gasteiger partial charge in [-0.15, -0.1) is 0 Å². The fourth-order valence-electron chi connectivity index (χ4n) is 5.17. The highest BCUT2D eigenvalue weighted by Gasteiger charge is 2.23. The maximum Gasteiger partial charge on any atom is 0.342 e. The zero-order valence-corrected chi connectivity index (χ0v) is 23.2. The summed E-state index contributed by atoms with van der Waals surface area (Å²) in [5.74, 6) is 0.151. The molecule has 0 radical (unpaired) electrons. The number of para-hydroxylation sites is 1. The van der Waals surface area contributed by atoms with Crippen molar-refractivity contribution in [2.24, 2.45) is 0 Å². The van der Waals surface area contributed by atoms with Crippen molar-refractivity contribution in [1.29, 1.82) is 0 Å². The van der Waals surface area contributed by atoms with E-state index < -0.39 is 11.6 Å². The van der Waals surface area contributed by atoms with Gasteiger partial charge in [-0.2, -0.15) is 9.78 Å². The topological polar surface area (TPSA) is 110 Å². The third kappa shape index (κ3) is 5.85. The number of aryl methyl sites for hydroxylation is 1. The quantitative estimate of drug-likeness (QED) is 0.314. The standard InChI is InChI=1S/C31H34N4O5/c1-20-7-5-8-24(26-9-6-10-27(33-26)35-29(39-4)25(16-32-35)30(36)37)28(20)40-18-21-11-12-23-17-34(19-31(2,3)38)14-13-22(23)15-21/h5-12,15-16,38H,13-14,17-19H2,1-4H3,(H,36,37). The lowest BCUT2D eigenvalue weighted by molar-refractivity contribution is 0.0317. The number of β-amino-alcohol motifs (C(OH)–C–C–N with tert-alkyl or cyclic N) is 1. The highest BCUT2D eigenvalue weighted by atomic mass is 16.5.